The summed E-state index contributed by atoms with van der Waals surface area (Å²) in [5.74, 6) is 1.21. The molecule has 0 amide bonds. The zero-order valence-corrected chi connectivity index (χ0v) is 15.4. The minimum absolute atomic E-state index is 0.122. The molecule has 2 aliphatic heterocycles. The van der Waals surface area contributed by atoms with Gasteiger partial charge in [0.25, 0.3) is 5.89 Å². The fourth-order valence-electron chi connectivity index (χ4n) is 3.75. The number of aromatic nitrogens is 2. The van der Waals surface area contributed by atoms with Crippen molar-refractivity contribution in [3.05, 3.63) is 41.5 Å². The number of nitrogens with zero attached hydrogens (tertiary/aromatic N) is 4. The molecule has 140 valence electrons. The lowest BCUT2D eigenvalue weighted by molar-refractivity contribution is -0.0930. The van der Waals surface area contributed by atoms with E-state index in [4.69, 9.17) is 14.0 Å². The van der Waals surface area contributed by atoms with Gasteiger partial charge in [-0.25, -0.2) is 0 Å². The van der Waals surface area contributed by atoms with Crippen LogP contribution in [0.4, 0.5) is 5.69 Å². The molecule has 2 aliphatic rings. The van der Waals surface area contributed by atoms with E-state index in [9.17, 15) is 0 Å². The Hall–Kier alpha value is -1.96. The summed E-state index contributed by atoms with van der Waals surface area (Å²) < 4.78 is 16.9. The predicted octanol–water partition coefficient (Wildman–Crippen LogP) is 2.18. The number of aryl methyl sites for hydroxylation is 1. The predicted molar refractivity (Wildman–Crippen MR) is 97.1 cm³/mol. The molecule has 1 aromatic carbocycles. The highest BCUT2D eigenvalue weighted by Crippen LogP contribution is 2.28. The SMILES string of the molecule is Cc1noc([C@H]2CN(Cc3ccccc3N3CCOCC3)C[C@@H](C)O2)n1. The van der Waals surface area contributed by atoms with Crippen LogP contribution in [0, 0.1) is 6.92 Å². The first kappa shape index (κ1) is 17.5. The van der Waals surface area contributed by atoms with E-state index in [0.717, 1.165) is 45.9 Å². The Morgan fingerprint density at radius 3 is 2.73 bits per heavy atom. The molecule has 1 aromatic heterocycles. The average molecular weight is 358 g/mol. The van der Waals surface area contributed by atoms with Gasteiger partial charge in [-0.3, -0.25) is 4.90 Å². The summed E-state index contributed by atoms with van der Waals surface area (Å²) in [5.41, 5.74) is 2.64. The summed E-state index contributed by atoms with van der Waals surface area (Å²) in [5, 5.41) is 3.90. The number of para-hydroxylation sites is 1. The summed E-state index contributed by atoms with van der Waals surface area (Å²) in [6.45, 7) is 9.92. The van der Waals surface area contributed by atoms with Crippen molar-refractivity contribution in [2.75, 3.05) is 44.3 Å². The molecule has 26 heavy (non-hydrogen) atoms. The van der Waals surface area contributed by atoms with Crippen LogP contribution in [-0.4, -0.2) is 60.5 Å². The first-order valence-corrected chi connectivity index (χ1v) is 9.27. The molecule has 0 spiro atoms. The van der Waals surface area contributed by atoms with E-state index in [1.54, 1.807) is 0 Å². The number of anilines is 1. The van der Waals surface area contributed by atoms with E-state index >= 15 is 0 Å². The van der Waals surface area contributed by atoms with E-state index in [-0.39, 0.29) is 12.2 Å². The monoisotopic (exact) mass is 358 g/mol. The minimum atomic E-state index is -0.171. The highest BCUT2D eigenvalue weighted by atomic mass is 16.5. The van der Waals surface area contributed by atoms with Crippen LogP contribution in [0.2, 0.25) is 0 Å². The molecule has 2 fully saturated rings. The van der Waals surface area contributed by atoms with Gasteiger partial charge < -0.3 is 18.9 Å². The van der Waals surface area contributed by atoms with Gasteiger partial charge >= 0.3 is 0 Å². The molecular weight excluding hydrogens is 332 g/mol. The first-order chi connectivity index (χ1) is 12.7. The molecule has 7 heteroatoms. The van der Waals surface area contributed by atoms with Crippen LogP contribution in [0.5, 0.6) is 0 Å². The summed E-state index contributed by atoms with van der Waals surface area (Å²) in [6, 6.07) is 8.66. The molecule has 2 atom stereocenters. The molecule has 0 N–H and O–H groups in total. The molecular formula is C19H26N4O3. The normalized spacial score (nSPS) is 24.8. The van der Waals surface area contributed by atoms with Crippen LogP contribution in [-0.2, 0) is 16.0 Å². The highest BCUT2D eigenvalue weighted by Gasteiger charge is 2.30. The average Bonchev–Trinajstić information content (AvgIpc) is 3.09. The second-order valence-electron chi connectivity index (χ2n) is 7.04. The lowest BCUT2D eigenvalue weighted by Crippen LogP contribution is -2.43. The Kier molecular flexibility index (Phi) is 5.19. The summed E-state index contributed by atoms with van der Waals surface area (Å²) in [7, 11) is 0. The molecule has 0 aliphatic carbocycles. The van der Waals surface area contributed by atoms with Crippen molar-refractivity contribution in [3.63, 3.8) is 0 Å². The molecule has 4 rings (SSSR count). The van der Waals surface area contributed by atoms with E-state index < -0.39 is 0 Å². The third kappa shape index (κ3) is 3.90. The third-order valence-electron chi connectivity index (χ3n) is 4.89. The molecule has 3 heterocycles. The number of ether oxygens (including phenoxy) is 2. The molecule has 0 bridgehead atoms. The smallest absolute Gasteiger partial charge is 0.257 e. The molecule has 0 saturated carbocycles. The topological polar surface area (TPSA) is 63.9 Å². The fraction of sp³-hybridized carbons (Fsp3) is 0.579. The van der Waals surface area contributed by atoms with E-state index in [1.165, 1.54) is 11.3 Å². The van der Waals surface area contributed by atoms with Crippen molar-refractivity contribution >= 4 is 5.69 Å². The third-order valence-corrected chi connectivity index (χ3v) is 4.89. The maximum absolute atomic E-state index is 6.04. The van der Waals surface area contributed by atoms with Gasteiger partial charge in [0.2, 0.25) is 0 Å². The second-order valence-corrected chi connectivity index (χ2v) is 7.04. The van der Waals surface area contributed by atoms with E-state index in [1.807, 2.05) is 6.92 Å². The fourth-order valence-corrected chi connectivity index (χ4v) is 3.75. The molecule has 7 nitrogen and oxygen atoms in total. The van der Waals surface area contributed by atoms with Gasteiger partial charge in [0, 0.05) is 38.4 Å². The van der Waals surface area contributed by atoms with Gasteiger partial charge in [-0.15, -0.1) is 0 Å². The highest BCUT2D eigenvalue weighted by molar-refractivity contribution is 5.54. The standard InChI is InChI=1S/C19H26N4O3/c1-14-11-22(13-18(25-14)19-20-15(2)21-26-19)12-16-5-3-4-6-17(16)23-7-9-24-10-8-23/h3-6,14,18H,7-13H2,1-2H3/t14-,18-/m1/s1. The number of hydrogen-bond donors (Lipinski definition) is 0. The number of hydrogen-bond acceptors (Lipinski definition) is 7. The Morgan fingerprint density at radius 1 is 1.15 bits per heavy atom. The number of morpholine rings is 2. The van der Waals surface area contributed by atoms with Gasteiger partial charge in [-0.05, 0) is 25.5 Å². The van der Waals surface area contributed by atoms with Crippen LogP contribution in [0.15, 0.2) is 28.8 Å². The van der Waals surface area contributed by atoms with Crippen molar-refractivity contribution < 1.29 is 14.0 Å². The first-order valence-electron chi connectivity index (χ1n) is 9.27. The van der Waals surface area contributed by atoms with Crippen molar-refractivity contribution in [3.8, 4) is 0 Å². The number of benzene rings is 1. The Labute approximate surface area is 153 Å². The van der Waals surface area contributed by atoms with Gasteiger partial charge in [-0.2, -0.15) is 4.98 Å². The van der Waals surface area contributed by atoms with E-state index in [0.29, 0.717) is 11.7 Å². The second kappa shape index (κ2) is 7.73. The Bertz CT molecular complexity index is 729. The van der Waals surface area contributed by atoms with Crippen molar-refractivity contribution in [1.82, 2.24) is 15.0 Å². The molecule has 2 aromatic rings. The summed E-state index contributed by atoms with van der Waals surface area (Å²) in [6.07, 6.45) is -0.0491. The molecule has 2 saturated heterocycles. The quantitative estimate of drug-likeness (QED) is 0.830. The molecule has 0 unspecified atom stereocenters. The van der Waals surface area contributed by atoms with Crippen LogP contribution >= 0.6 is 0 Å². The number of rotatable bonds is 4. The zero-order chi connectivity index (χ0) is 17.9. The van der Waals surface area contributed by atoms with Crippen molar-refractivity contribution in [2.24, 2.45) is 0 Å². The summed E-state index contributed by atoms with van der Waals surface area (Å²) >= 11 is 0. The van der Waals surface area contributed by atoms with Crippen LogP contribution < -0.4 is 4.90 Å². The lowest BCUT2D eigenvalue weighted by Gasteiger charge is -2.36. The van der Waals surface area contributed by atoms with Gasteiger partial charge in [0.05, 0.1) is 19.3 Å². The maximum Gasteiger partial charge on any atom is 0.257 e. The Morgan fingerprint density at radius 2 is 1.96 bits per heavy atom. The van der Waals surface area contributed by atoms with Crippen molar-refractivity contribution in [2.45, 2.75) is 32.6 Å². The van der Waals surface area contributed by atoms with Gasteiger partial charge in [0.15, 0.2) is 5.82 Å². The minimum Gasteiger partial charge on any atom is -0.378 e. The lowest BCUT2D eigenvalue weighted by atomic mass is 10.1. The molecule has 0 radical (unpaired) electrons. The van der Waals surface area contributed by atoms with Crippen LogP contribution in [0.3, 0.4) is 0 Å². The maximum atomic E-state index is 6.04. The largest absolute Gasteiger partial charge is 0.378 e. The van der Waals surface area contributed by atoms with Gasteiger partial charge in [-0.1, -0.05) is 23.4 Å². The van der Waals surface area contributed by atoms with Gasteiger partial charge in [0.1, 0.15) is 6.10 Å². The van der Waals surface area contributed by atoms with Crippen LogP contribution in [0.25, 0.3) is 0 Å². The summed E-state index contributed by atoms with van der Waals surface area (Å²) in [4.78, 5) is 9.18. The van der Waals surface area contributed by atoms with Crippen LogP contribution in [0.1, 0.15) is 30.3 Å². The van der Waals surface area contributed by atoms with E-state index in [2.05, 4.69) is 51.1 Å². The van der Waals surface area contributed by atoms with Crippen molar-refractivity contribution in [1.29, 1.82) is 0 Å². The zero-order valence-electron chi connectivity index (χ0n) is 15.4. The Balaban J connectivity index is 1.49.